The Morgan fingerprint density at radius 3 is 0.479 bits per heavy atom. The molecule has 4 aromatic rings. The van der Waals surface area contributed by atoms with Crippen molar-refractivity contribution in [1.82, 2.24) is 0 Å². The van der Waals surface area contributed by atoms with E-state index in [0.29, 0.717) is 23.5 Å². The average molecular weight is 723 g/mol. The lowest BCUT2D eigenvalue weighted by Crippen LogP contribution is -2.16. The van der Waals surface area contributed by atoms with Crippen molar-refractivity contribution in [1.29, 1.82) is 0 Å². The summed E-state index contributed by atoms with van der Waals surface area (Å²) in [7, 11) is 0. The zero-order valence-electron chi connectivity index (χ0n) is 31.2. The Labute approximate surface area is 310 Å². The van der Waals surface area contributed by atoms with Gasteiger partial charge >= 0.3 is 0 Å². The third kappa shape index (κ3) is 5.86. The van der Waals surface area contributed by atoms with E-state index < -0.39 is 0 Å². The van der Waals surface area contributed by atoms with Gasteiger partial charge in [0, 0.05) is 23.5 Å². The van der Waals surface area contributed by atoms with E-state index in [0.717, 1.165) is 25.7 Å². The van der Waals surface area contributed by atoms with Crippen LogP contribution in [-0.2, 0) is 49.2 Å². The van der Waals surface area contributed by atoms with Gasteiger partial charge in [0.2, 0.25) is 0 Å². The molecular weight excluding hydrogens is 670 g/mol. The van der Waals surface area contributed by atoms with Crippen LogP contribution in [0.25, 0.3) is 0 Å². The van der Waals surface area contributed by atoms with Crippen LogP contribution in [0.2, 0.25) is 0 Å². The summed E-state index contributed by atoms with van der Waals surface area (Å²) in [4.78, 5) is 0. The molecule has 0 saturated carbocycles. The molecule has 1 aliphatic rings. The fourth-order valence-corrected chi connectivity index (χ4v) is 10.8. The third-order valence-corrected chi connectivity index (χ3v) is 13.9. The molecule has 8 bridgehead atoms. The molecule has 0 aliphatic heterocycles. The zero-order chi connectivity index (χ0) is 35.5. The molecule has 0 fully saturated rings. The predicted octanol–water partition coefficient (Wildman–Crippen LogP) is 13.0. The fourth-order valence-electron chi connectivity index (χ4n) is 9.19. The van der Waals surface area contributed by atoms with Gasteiger partial charge in [0.15, 0.2) is 0 Å². The average Bonchev–Trinajstić information content (AvgIpc) is 3.04. The van der Waals surface area contributed by atoms with Crippen molar-refractivity contribution in [3.63, 3.8) is 0 Å². The van der Waals surface area contributed by atoms with Gasteiger partial charge in [-0.1, -0.05) is 0 Å². The quantitative estimate of drug-likeness (QED) is 0.162. The van der Waals surface area contributed by atoms with Crippen LogP contribution in [0.3, 0.4) is 0 Å². The van der Waals surface area contributed by atoms with Crippen LogP contribution in [0.1, 0.15) is 134 Å². The lowest BCUT2D eigenvalue weighted by molar-refractivity contribution is 0.946. The summed E-state index contributed by atoms with van der Waals surface area (Å²) < 4.78 is 0. The van der Waals surface area contributed by atoms with Gasteiger partial charge in [-0.25, -0.2) is 0 Å². The van der Waals surface area contributed by atoms with E-state index in [9.17, 15) is 0 Å². The van der Waals surface area contributed by atoms with Gasteiger partial charge in [0.25, 0.3) is 0 Å². The molecule has 48 heavy (non-hydrogen) atoms. The van der Waals surface area contributed by atoms with Crippen molar-refractivity contribution in [3.8, 4) is 0 Å². The Bertz CT molecular complexity index is 1570. The van der Waals surface area contributed by atoms with E-state index in [1.165, 1.54) is 134 Å². The van der Waals surface area contributed by atoms with Gasteiger partial charge in [0.1, 0.15) is 0 Å². The monoisotopic (exact) mass is 720 g/mol. The predicted molar refractivity (Wildman–Crippen MR) is 212 cm³/mol. The molecule has 0 amide bonds. The summed E-state index contributed by atoms with van der Waals surface area (Å²) in [6.45, 7) is 27.6. The maximum Gasteiger partial charge on any atom is 0.0479 e. The molecule has 0 atom stereocenters. The number of alkyl halides is 4. The first kappa shape index (κ1) is 37.3. The van der Waals surface area contributed by atoms with Gasteiger partial charge < -0.3 is 0 Å². The van der Waals surface area contributed by atoms with Crippen LogP contribution < -0.4 is 0 Å². The summed E-state index contributed by atoms with van der Waals surface area (Å²) in [5.74, 6) is 2.01. The molecular formula is C44H52Cl4. The summed E-state index contributed by atoms with van der Waals surface area (Å²) in [6.07, 6.45) is 3.44. The number of fused-ring (bicyclic) bond motifs is 8. The molecule has 4 heteroatoms. The molecule has 4 aromatic carbocycles. The first-order valence-electron chi connectivity index (χ1n) is 17.3. The molecule has 0 spiro atoms. The Balaban J connectivity index is 2.00. The van der Waals surface area contributed by atoms with Crippen LogP contribution in [0, 0.1) is 83.1 Å². The minimum atomic E-state index is 0.501. The van der Waals surface area contributed by atoms with Gasteiger partial charge in [0.05, 0.1) is 0 Å². The number of halogens is 4. The highest BCUT2D eigenvalue weighted by molar-refractivity contribution is 6.18. The molecule has 256 valence electrons. The molecule has 0 saturated heterocycles. The topological polar surface area (TPSA) is 0 Å². The second-order valence-corrected chi connectivity index (χ2v) is 15.6. The summed E-state index contributed by atoms with van der Waals surface area (Å²) in [5.41, 5.74) is 32.3. The van der Waals surface area contributed by atoms with Crippen molar-refractivity contribution in [2.24, 2.45) is 0 Å². The molecule has 0 aromatic heterocycles. The highest BCUT2D eigenvalue weighted by Crippen LogP contribution is 2.41. The molecule has 0 nitrogen and oxygen atoms in total. The molecule has 0 heterocycles. The van der Waals surface area contributed by atoms with Crippen molar-refractivity contribution in [2.45, 2.75) is 132 Å². The standard InChI is InChI=1S/C44H52Cl4/c1-21-33-13-35-22(2)37(29(9)42(18-46)27(35)7)15-39-24(4)40(32(12)44(20-48)31(39)11)16-38-23(3)36(28(8)43(19-47)30(38)10)14-34(21)26(6)41(17-45)25(33)5/h13-20H2,1-12H3. The Kier molecular flexibility index (Phi) is 11.1. The molecule has 1 aliphatic carbocycles. The third-order valence-electron chi connectivity index (χ3n) is 12.8. The SMILES string of the molecule is Cc1c(CCl)c(C)c2c(C)c1Cc1c(C)c(CCl)c(C)c(c1C)Cc1c(C)c(CCl)c(C)c(c1C)Cc1c(C)c(CCl)c(C)c(c1C)C2. The van der Waals surface area contributed by atoms with Crippen molar-refractivity contribution in [2.75, 3.05) is 0 Å². The minimum absolute atomic E-state index is 0.501. The van der Waals surface area contributed by atoms with Crippen LogP contribution in [0.5, 0.6) is 0 Å². The molecule has 0 N–H and O–H groups in total. The van der Waals surface area contributed by atoms with Crippen LogP contribution >= 0.6 is 46.4 Å². The normalized spacial score (nSPS) is 13.0. The zero-order valence-corrected chi connectivity index (χ0v) is 34.2. The van der Waals surface area contributed by atoms with Crippen LogP contribution in [-0.4, -0.2) is 0 Å². The maximum absolute atomic E-state index is 6.78. The maximum atomic E-state index is 6.78. The number of hydrogen-bond donors (Lipinski definition) is 0. The van der Waals surface area contributed by atoms with E-state index in [1.807, 2.05) is 0 Å². The van der Waals surface area contributed by atoms with Gasteiger partial charge in [-0.05, 0) is 242 Å². The van der Waals surface area contributed by atoms with E-state index in [4.69, 9.17) is 46.4 Å². The number of rotatable bonds is 4. The van der Waals surface area contributed by atoms with Crippen molar-refractivity contribution in [3.05, 3.63) is 134 Å². The second-order valence-electron chi connectivity index (χ2n) is 14.5. The first-order valence-corrected chi connectivity index (χ1v) is 19.4. The van der Waals surface area contributed by atoms with E-state index in [1.54, 1.807) is 0 Å². The lowest BCUT2D eigenvalue weighted by atomic mass is 9.76. The van der Waals surface area contributed by atoms with Gasteiger partial charge in [-0.2, -0.15) is 0 Å². The highest BCUT2D eigenvalue weighted by atomic mass is 35.5. The second kappa shape index (κ2) is 14.3. The first-order chi connectivity index (χ1) is 22.7. The molecule has 0 radical (unpaired) electrons. The lowest BCUT2D eigenvalue weighted by Gasteiger charge is -2.29. The van der Waals surface area contributed by atoms with E-state index in [-0.39, 0.29) is 0 Å². The van der Waals surface area contributed by atoms with Crippen LogP contribution in [0.4, 0.5) is 0 Å². The van der Waals surface area contributed by atoms with Crippen molar-refractivity contribution < 1.29 is 0 Å². The molecule has 5 rings (SSSR count). The summed E-state index contributed by atoms with van der Waals surface area (Å²) in [6, 6.07) is 0. The summed E-state index contributed by atoms with van der Waals surface area (Å²) in [5, 5.41) is 0. The van der Waals surface area contributed by atoms with Crippen molar-refractivity contribution >= 4 is 46.4 Å². The van der Waals surface area contributed by atoms with E-state index in [2.05, 4.69) is 83.1 Å². The minimum Gasteiger partial charge on any atom is -0.122 e. The van der Waals surface area contributed by atoms with Gasteiger partial charge in [-0.15, -0.1) is 46.4 Å². The van der Waals surface area contributed by atoms with E-state index >= 15 is 0 Å². The largest absolute Gasteiger partial charge is 0.122 e. The van der Waals surface area contributed by atoms with Gasteiger partial charge in [-0.3, -0.25) is 0 Å². The molecule has 0 unspecified atom stereocenters. The number of benzene rings is 4. The fraction of sp³-hybridized carbons (Fsp3) is 0.455. The number of hydrogen-bond acceptors (Lipinski definition) is 0. The van der Waals surface area contributed by atoms with Crippen LogP contribution in [0.15, 0.2) is 0 Å². The highest BCUT2D eigenvalue weighted by Gasteiger charge is 2.27. The smallest absolute Gasteiger partial charge is 0.0479 e. The Morgan fingerprint density at radius 2 is 0.375 bits per heavy atom. The summed E-state index contributed by atoms with van der Waals surface area (Å²) >= 11 is 27.1. The Morgan fingerprint density at radius 1 is 0.250 bits per heavy atom. The Hall–Kier alpha value is -1.96.